The van der Waals surface area contributed by atoms with Gasteiger partial charge in [0.05, 0.1) is 11.9 Å². The van der Waals surface area contributed by atoms with Gasteiger partial charge < -0.3 is 31.5 Å². The Hall–Kier alpha value is -4.25. The van der Waals surface area contributed by atoms with E-state index in [9.17, 15) is 47.2 Å². The Kier molecular flexibility index (Phi) is 8.21. The minimum absolute atomic E-state index is 0.137. The number of imidazole rings is 1. The van der Waals surface area contributed by atoms with Crippen molar-refractivity contribution in [2.45, 2.75) is 12.1 Å². The number of aromatic nitrogens is 3. The summed E-state index contributed by atoms with van der Waals surface area (Å²) in [7, 11) is 0. The van der Waals surface area contributed by atoms with Gasteiger partial charge in [-0.3, -0.25) is 9.20 Å². The largest absolute Gasteiger partial charge is 0.382 e. The number of fused-ring (bicyclic) bond motifs is 1. The van der Waals surface area contributed by atoms with Gasteiger partial charge in [0.1, 0.15) is 22.8 Å². The molecule has 4 aromatic rings. The van der Waals surface area contributed by atoms with Gasteiger partial charge >= 0.3 is 5.97 Å². The molecular weight excluding hydrogens is 528 g/mol. The molecular formula is C22H17F6N5O5. The van der Waals surface area contributed by atoms with Crippen LogP contribution in [0.15, 0.2) is 42.6 Å². The van der Waals surface area contributed by atoms with Gasteiger partial charge in [0.2, 0.25) is 18.7 Å². The van der Waals surface area contributed by atoms with Crippen LogP contribution in [-0.2, 0) is 10.8 Å². The van der Waals surface area contributed by atoms with Crippen molar-refractivity contribution in [3.05, 3.63) is 77.4 Å². The first-order chi connectivity index (χ1) is 17.8. The first-order valence-corrected chi connectivity index (χ1v) is 10.2. The van der Waals surface area contributed by atoms with Crippen molar-refractivity contribution in [3.8, 4) is 11.3 Å². The third-order valence-corrected chi connectivity index (χ3v) is 4.95. The number of alkyl halides is 2. The molecule has 0 spiro atoms. The lowest BCUT2D eigenvalue weighted by atomic mass is 10.1. The van der Waals surface area contributed by atoms with Crippen molar-refractivity contribution < 1.29 is 51.6 Å². The van der Waals surface area contributed by atoms with E-state index in [0.29, 0.717) is 10.6 Å². The normalized spacial score (nSPS) is 12.2. The standard InChI is InChI=1S/C21H15F4N5O5.CH2F2/c22-9-3-1-2-8(6-9)17(31)19(32)28-11-5-4-10(13(24)14(11)25)15-16-18(26)27-7-12(23)30(16)20(29-15)21(33,34)35;2-1-3/h1-7,17,31,33-35H,(H2,26,27)(H,28,32);1H2. The molecule has 16 heteroatoms. The fraction of sp³-hybridized carbons (Fsp3) is 0.136. The number of nitrogens with two attached hydrogens (primary N) is 1. The Labute approximate surface area is 208 Å². The quantitative estimate of drug-likeness (QED) is 0.164. The predicted molar refractivity (Wildman–Crippen MR) is 118 cm³/mol. The number of halogens is 6. The maximum atomic E-state index is 15.0. The maximum Gasteiger partial charge on any atom is 0.339 e. The van der Waals surface area contributed by atoms with E-state index in [2.05, 4.69) is 9.97 Å². The molecule has 2 aromatic carbocycles. The van der Waals surface area contributed by atoms with Gasteiger partial charge in [-0.2, -0.15) is 4.39 Å². The van der Waals surface area contributed by atoms with Crippen molar-refractivity contribution >= 4 is 22.9 Å². The second kappa shape index (κ2) is 11.0. The van der Waals surface area contributed by atoms with Crippen molar-refractivity contribution in [3.63, 3.8) is 0 Å². The van der Waals surface area contributed by atoms with Gasteiger partial charge in [0.15, 0.2) is 17.7 Å². The number of hydrogen-bond acceptors (Lipinski definition) is 8. The molecule has 0 aliphatic heterocycles. The predicted octanol–water partition coefficient (Wildman–Crippen LogP) is 2.18. The number of rotatable bonds is 5. The summed E-state index contributed by atoms with van der Waals surface area (Å²) in [6.07, 6.45) is -1.34. The summed E-state index contributed by atoms with van der Waals surface area (Å²) >= 11 is 0. The second-order valence-electron chi connectivity index (χ2n) is 7.41. The van der Waals surface area contributed by atoms with Crippen molar-refractivity contribution in [2.75, 3.05) is 18.0 Å². The van der Waals surface area contributed by atoms with Gasteiger partial charge in [0.25, 0.3) is 5.91 Å². The minimum Gasteiger partial charge on any atom is -0.382 e. The SMILES string of the molecule is FCF.Nc1ncc(F)n2c(C(O)(O)O)nc(-c3ccc(NC(=O)C(O)c4cccc(F)c4)c(F)c3F)c12. The molecule has 38 heavy (non-hydrogen) atoms. The highest BCUT2D eigenvalue weighted by molar-refractivity contribution is 5.95. The lowest BCUT2D eigenvalue weighted by Gasteiger charge is -2.13. The third kappa shape index (κ3) is 5.52. The first-order valence-electron chi connectivity index (χ1n) is 10.2. The van der Waals surface area contributed by atoms with Gasteiger partial charge in [-0.25, -0.2) is 31.9 Å². The van der Waals surface area contributed by atoms with E-state index in [1.165, 1.54) is 12.1 Å². The maximum absolute atomic E-state index is 15.0. The van der Waals surface area contributed by atoms with Crippen LogP contribution in [0, 0.1) is 23.4 Å². The van der Waals surface area contributed by atoms with E-state index in [1.807, 2.05) is 5.32 Å². The Morgan fingerprint density at radius 2 is 1.74 bits per heavy atom. The van der Waals surface area contributed by atoms with E-state index in [-0.39, 0.29) is 5.56 Å². The number of aliphatic hydroxyl groups excluding tert-OH is 1. The monoisotopic (exact) mass is 545 g/mol. The first kappa shape index (κ1) is 28.3. The smallest absolute Gasteiger partial charge is 0.339 e. The zero-order valence-corrected chi connectivity index (χ0v) is 18.7. The number of aliphatic hydroxyl groups is 4. The summed E-state index contributed by atoms with van der Waals surface area (Å²) in [5.74, 6) is -11.7. The average Bonchev–Trinajstić information content (AvgIpc) is 3.27. The summed E-state index contributed by atoms with van der Waals surface area (Å²) in [5.41, 5.74) is 3.05. The number of carbonyl (C=O) groups is 1. The van der Waals surface area contributed by atoms with Gasteiger partial charge in [-0.15, -0.1) is 0 Å². The van der Waals surface area contributed by atoms with Crippen LogP contribution >= 0.6 is 0 Å². The molecule has 4 rings (SSSR count). The molecule has 1 amide bonds. The highest BCUT2D eigenvalue weighted by Gasteiger charge is 2.34. The lowest BCUT2D eigenvalue weighted by molar-refractivity contribution is -0.329. The molecule has 1 unspecified atom stereocenters. The summed E-state index contributed by atoms with van der Waals surface area (Å²) in [4.78, 5) is 19.4. The Bertz CT molecular complexity index is 1490. The van der Waals surface area contributed by atoms with Crippen LogP contribution in [0.2, 0.25) is 0 Å². The van der Waals surface area contributed by atoms with Gasteiger partial charge in [-0.05, 0) is 29.8 Å². The molecule has 0 radical (unpaired) electrons. The number of nitrogens with zero attached hydrogens (tertiary/aromatic N) is 3. The minimum atomic E-state index is -3.69. The molecule has 1 atom stereocenters. The average molecular weight is 545 g/mol. The van der Waals surface area contributed by atoms with E-state index in [0.717, 1.165) is 24.3 Å². The van der Waals surface area contributed by atoms with Crippen LogP contribution < -0.4 is 11.1 Å². The number of nitrogens with one attached hydrogen (secondary N) is 1. The molecule has 10 nitrogen and oxygen atoms in total. The molecule has 0 aliphatic carbocycles. The second-order valence-corrected chi connectivity index (χ2v) is 7.41. The Morgan fingerprint density at radius 1 is 1.08 bits per heavy atom. The molecule has 2 aromatic heterocycles. The van der Waals surface area contributed by atoms with Crippen LogP contribution in [0.1, 0.15) is 17.5 Å². The zero-order chi connectivity index (χ0) is 28.4. The Balaban J connectivity index is 0.00000127. The van der Waals surface area contributed by atoms with Crippen molar-refractivity contribution in [1.29, 1.82) is 0 Å². The number of benzene rings is 2. The van der Waals surface area contributed by atoms with Crippen LogP contribution in [0.5, 0.6) is 0 Å². The van der Waals surface area contributed by atoms with E-state index >= 15 is 4.39 Å². The highest BCUT2D eigenvalue weighted by Crippen LogP contribution is 2.35. The third-order valence-electron chi connectivity index (χ3n) is 4.95. The topological polar surface area (TPSA) is 166 Å². The van der Waals surface area contributed by atoms with Gasteiger partial charge in [-0.1, -0.05) is 12.1 Å². The summed E-state index contributed by atoms with van der Waals surface area (Å²) in [6, 6.07) is 6.22. The zero-order valence-electron chi connectivity index (χ0n) is 18.7. The number of hydrogen-bond donors (Lipinski definition) is 6. The molecule has 7 N–H and O–H groups in total. The molecule has 0 aliphatic rings. The van der Waals surface area contributed by atoms with Crippen LogP contribution in [0.4, 0.5) is 37.8 Å². The lowest BCUT2D eigenvalue weighted by Crippen LogP contribution is -2.27. The fourth-order valence-corrected chi connectivity index (χ4v) is 3.38. The van der Waals surface area contributed by atoms with Crippen LogP contribution in [-0.4, -0.2) is 47.6 Å². The fourth-order valence-electron chi connectivity index (χ4n) is 3.38. The summed E-state index contributed by atoms with van der Waals surface area (Å²) in [6.45, 7) is -1.75. The van der Waals surface area contributed by atoms with Crippen molar-refractivity contribution in [1.82, 2.24) is 14.4 Å². The molecule has 0 saturated heterocycles. The molecule has 0 saturated carbocycles. The summed E-state index contributed by atoms with van der Waals surface area (Å²) in [5, 5.41) is 40.6. The molecule has 2 heterocycles. The number of carbonyl (C=O) groups excluding carboxylic acids is 1. The van der Waals surface area contributed by atoms with Crippen molar-refractivity contribution in [2.24, 2.45) is 0 Å². The highest BCUT2D eigenvalue weighted by atomic mass is 19.3. The number of nitrogen functional groups attached to an aromatic ring is 1. The van der Waals surface area contributed by atoms with E-state index in [1.54, 1.807) is 0 Å². The molecule has 202 valence electrons. The van der Waals surface area contributed by atoms with E-state index in [4.69, 9.17) is 5.73 Å². The summed E-state index contributed by atoms with van der Waals surface area (Å²) < 4.78 is 77.1. The molecule has 0 bridgehead atoms. The number of amides is 1. The van der Waals surface area contributed by atoms with Crippen LogP contribution in [0.3, 0.4) is 0 Å². The van der Waals surface area contributed by atoms with Gasteiger partial charge in [0, 0.05) is 5.56 Å². The molecule has 0 fully saturated rings. The van der Waals surface area contributed by atoms with Crippen LogP contribution in [0.25, 0.3) is 16.8 Å². The number of anilines is 2. The Morgan fingerprint density at radius 3 is 2.34 bits per heavy atom. The van der Waals surface area contributed by atoms with E-state index < -0.39 is 82.4 Å².